The Kier molecular flexibility index (Phi) is 7.46. The van der Waals surface area contributed by atoms with Crippen LogP contribution < -0.4 is 4.74 Å². The number of aryl methyl sites for hydroxylation is 3. The number of pyridine rings is 2. The smallest absolute Gasteiger partial charge is 0.410 e. The molecule has 0 bridgehead atoms. The van der Waals surface area contributed by atoms with Gasteiger partial charge in [0.05, 0.1) is 0 Å². The summed E-state index contributed by atoms with van der Waals surface area (Å²) in [5.74, 6) is 0.589. The number of piperazine rings is 1. The molecule has 2 aromatic heterocycles. The van der Waals surface area contributed by atoms with E-state index in [-0.39, 0.29) is 6.09 Å². The molecule has 6 nitrogen and oxygen atoms in total. The summed E-state index contributed by atoms with van der Waals surface area (Å²) >= 11 is 0. The van der Waals surface area contributed by atoms with Crippen LogP contribution in [0.1, 0.15) is 22.4 Å². The van der Waals surface area contributed by atoms with Crippen LogP contribution >= 0.6 is 0 Å². The van der Waals surface area contributed by atoms with Crippen molar-refractivity contribution < 1.29 is 9.53 Å². The molecule has 0 N–H and O–H groups in total. The third-order valence-corrected chi connectivity index (χ3v) is 5.84. The maximum atomic E-state index is 12.5. The minimum absolute atomic E-state index is 0.270. The van der Waals surface area contributed by atoms with Crippen LogP contribution in [0, 0.1) is 6.92 Å². The first-order chi connectivity index (χ1) is 15.7. The van der Waals surface area contributed by atoms with Gasteiger partial charge < -0.3 is 9.64 Å². The lowest BCUT2D eigenvalue weighted by molar-refractivity contribution is 0.111. The molecule has 1 aromatic carbocycles. The van der Waals surface area contributed by atoms with Crippen molar-refractivity contribution in [1.29, 1.82) is 0 Å². The van der Waals surface area contributed by atoms with Crippen molar-refractivity contribution in [3.63, 3.8) is 0 Å². The van der Waals surface area contributed by atoms with Crippen LogP contribution in [0.25, 0.3) is 0 Å². The van der Waals surface area contributed by atoms with Gasteiger partial charge in [-0.05, 0) is 67.1 Å². The van der Waals surface area contributed by atoms with Gasteiger partial charge in [0.1, 0.15) is 5.75 Å². The van der Waals surface area contributed by atoms with E-state index in [4.69, 9.17) is 4.74 Å². The van der Waals surface area contributed by atoms with Crippen molar-refractivity contribution in [3.05, 3.63) is 89.5 Å². The van der Waals surface area contributed by atoms with Gasteiger partial charge in [0.25, 0.3) is 0 Å². The second-order valence-electron chi connectivity index (χ2n) is 8.28. The Hall–Kier alpha value is -3.25. The minimum atomic E-state index is -0.270. The van der Waals surface area contributed by atoms with Crippen molar-refractivity contribution in [2.45, 2.75) is 26.2 Å². The predicted molar refractivity (Wildman–Crippen MR) is 125 cm³/mol. The Bertz CT molecular complexity index is 983. The van der Waals surface area contributed by atoms with Crippen LogP contribution in [-0.2, 0) is 19.3 Å². The number of aromatic nitrogens is 2. The topological polar surface area (TPSA) is 58.6 Å². The highest BCUT2D eigenvalue weighted by atomic mass is 16.6. The van der Waals surface area contributed by atoms with E-state index in [0.717, 1.165) is 44.6 Å². The Morgan fingerprint density at radius 2 is 1.72 bits per heavy atom. The molecular formula is C26H30N4O2. The average molecular weight is 431 g/mol. The summed E-state index contributed by atoms with van der Waals surface area (Å²) in [4.78, 5) is 25.3. The molecule has 0 aliphatic carbocycles. The summed E-state index contributed by atoms with van der Waals surface area (Å²) in [7, 11) is 0. The van der Waals surface area contributed by atoms with E-state index < -0.39 is 0 Å². The third-order valence-electron chi connectivity index (χ3n) is 5.84. The second kappa shape index (κ2) is 10.9. The maximum absolute atomic E-state index is 12.5. The molecule has 1 saturated heterocycles. The van der Waals surface area contributed by atoms with Gasteiger partial charge in [-0.1, -0.05) is 24.3 Å². The third kappa shape index (κ3) is 6.37. The number of rotatable bonds is 7. The standard InChI is InChI=1S/C26H30N4O2/c1-21-4-8-24(28-19-21)9-5-22-6-10-25(11-7-22)32-26(31)30-17-15-29(16-18-30)14-12-23-3-2-13-27-20-23/h2-4,6-8,10-11,13,19-20H,5,9,12,14-18H2,1H3. The number of nitrogens with zero attached hydrogens (tertiary/aromatic N) is 4. The zero-order valence-electron chi connectivity index (χ0n) is 18.6. The molecule has 0 radical (unpaired) electrons. The Balaban J connectivity index is 1.19. The Morgan fingerprint density at radius 1 is 0.906 bits per heavy atom. The average Bonchev–Trinajstić information content (AvgIpc) is 2.84. The van der Waals surface area contributed by atoms with Crippen molar-refractivity contribution in [3.8, 4) is 5.75 Å². The molecule has 1 fully saturated rings. The van der Waals surface area contributed by atoms with Gasteiger partial charge in [0.2, 0.25) is 0 Å². The lowest BCUT2D eigenvalue weighted by Crippen LogP contribution is -2.49. The van der Waals surface area contributed by atoms with Crippen LogP contribution in [0.2, 0.25) is 0 Å². The fourth-order valence-corrected chi connectivity index (χ4v) is 3.80. The summed E-state index contributed by atoms with van der Waals surface area (Å²) in [6, 6.07) is 16.0. The molecule has 4 rings (SSSR count). The summed E-state index contributed by atoms with van der Waals surface area (Å²) < 4.78 is 5.60. The van der Waals surface area contributed by atoms with Gasteiger partial charge >= 0.3 is 6.09 Å². The van der Waals surface area contributed by atoms with E-state index in [0.29, 0.717) is 18.8 Å². The van der Waals surface area contributed by atoms with Crippen LogP contribution in [-0.4, -0.2) is 58.6 Å². The van der Waals surface area contributed by atoms with E-state index in [9.17, 15) is 4.79 Å². The molecule has 1 aliphatic rings. The lowest BCUT2D eigenvalue weighted by atomic mass is 10.1. The fraction of sp³-hybridized carbons (Fsp3) is 0.346. The number of hydrogen-bond donors (Lipinski definition) is 0. The quantitative estimate of drug-likeness (QED) is 0.568. The molecule has 0 unspecified atom stereocenters. The first-order valence-electron chi connectivity index (χ1n) is 11.2. The van der Waals surface area contributed by atoms with Crippen LogP contribution in [0.15, 0.2) is 67.1 Å². The van der Waals surface area contributed by atoms with E-state index in [2.05, 4.69) is 33.1 Å². The van der Waals surface area contributed by atoms with E-state index in [1.54, 1.807) is 11.1 Å². The van der Waals surface area contributed by atoms with Gasteiger partial charge in [-0.3, -0.25) is 14.9 Å². The zero-order chi connectivity index (χ0) is 22.2. The number of amides is 1. The van der Waals surface area contributed by atoms with Crippen molar-refractivity contribution in [2.75, 3.05) is 32.7 Å². The van der Waals surface area contributed by atoms with Crippen molar-refractivity contribution >= 4 is 6.09 Å². The van der Waals surface area contributed by atoms with Crippen molar-refractivity contribution in [2.24, 2.45) is 0 Å². The molecule has 3 heterocycles. The number of benzene rings is 1. The lowest BCUT2D eigenvalue weighted by Gasteiger charge is -2.34. The number of hydrogen-bond acceptors (Lipinski definition) is 5. The van der Waals surface area contributed by atoms with Crippen LogP contribution in [0.4, 0.5) is 4.79 Å². The predicted octanol–water partition coefficient (Wildman–Crippen LogP) is 3.93. The maximum Gasteiger partial charge on any atom is 0.415 e. The van der Waals surface area contributed by atoms with Gasteiger partial charge in [-0.2, -0.15) is 0 Å². The van der Waals surface area contributed by atoms with Crippen LogP contribution in [0.3, 0.4) is 0 Å². The molecular weight excluding hydrogens is 400 g/mol. The minimum Gasteiger partial charge on any atom is -0.410 e. The Labute approximate surface area is 189 Å². The molecule has 0 atom stereocenters. The van der Waals surface area contributed by atoms with Crippen molar-refractivity contribution in [1.82, 2.24) is 19.8 Å². The SMILES string of the molecule is Cc1ccc(CCc2ccc(OC(=O)N3CCN(CCc4cccnc4)CC3)cc2)nc1. The zero-order valence-corrected chi connectivity index (χ0v) is 18.6. The first-order valence-corrected chi connectivity index (χ1v) is 11.2. The fourth-order valence-electron chi connectivity index (χ4n) is 3.80. The molecule has 1 aliphatic heterocycles. The van der Waals surface area contributed by atoms with Gasteiger partial charge in [0.15, 0.2) is 0 Å². The number of carbonyl (C=O) groups is 1. The van der Waals surface area contributed by atoms with E-state index >= 15 is 0 Å². The van der Waals surface area contributed by atoms with E-state index in [1.165, 1.54) is 16.7 Å². The molecule has 0 spiro atoms. The first kappa shape index (κ1) is 22.0. The number of carbonyl (C=O) groups excluding carboxylic acids is 1. The number of ether oxygens (including phenoxy) is 1. The highest BCUT2D eigenvalue weighted by Crippen LogP contribution is 2.16. The van der Waals surface area contributed by atoms with Gasteiger partial charge in [-0.25, -0.2) is 4.79 Å². The molecule has 6 heteroatoms. The summed E-state index contributed by atoms with van der Waals surface area (Å²) in [6.07, 6.45) is 8.12. The van der Waals surface area contributed by atoms with Gasteiger partial charge in [-0.15, -0.1) is 0 Å². The molecule has 1 amide bonds. The normalized spacial score (nSPS) is 14.3. The molecule has 3 aromatic rings. The molecule has 166 valence electrons. The highest BCUT2D eigenvalue weighted by Gasteiger charge is 2.22. The summed E-state index contributed by atoms with van der Waals surface area (Å²) in [5.41, 5.74) is 4.71. The van der Waals surface area contributed by atoms with Gasteiger partial charge in [0, 0.05) is 57.0 Å². The largest absolute Gasteiger partial charge is 0.415 e. The summed E-state index contributed by atoms with van der Waals surface area (Å²) in [6.45, 7) is 6.12. The van der Waals surface area contributed by atoms with E-state index in [1.807, 2.05) is 49.6 Å². The molecule has 32 heavy (non-hydrogen) atoms. The highest BCUT2D eigenvalue weighted by molar-refractivity contribution is 5.70. The van der Waals surface area contributed by atoms with Crippen LogP contribution in [0.5, 0.6) is 5.75 Å². The molecule has 0 saturated carbocycles. The monoisotopic (exact) mass is 430 g/mol. The summed E-state index contributed by atoms with van der Waals surface area (Å²) in [5, 5.41) is 0. The Morgan fingerprint density at radius 3 is 2.41 bits per heavy atom. The second-order valence-corrected chi connectivity index (χ2v) is 8.28.